The number of rotatable bonds is 6. The predicted octanol–water partition coefficient (Wildman–Crippen LogP) is 3.71. The van der Waals surface area contributed by atoms with Gasteiger partial charge in [0.25, 0.3) is 11.8 Å². The van der Waals surface area contributed by atoms with Gasteiger partial charge in [0.2, 0.25) is 0 Å². The van der Waals surface area contributed by atoms with Gasteiger partial charge in [0, 0.05) is 22.9 Å². The molecule has 27 heavy (non-hydrogen) atoms. The fraction of sp³-hybridized carbons (Fsp3) is 0.158. The van der Waals surface area contributed by atoms with Gasteiger partial charge in [-0.05, 0) is 30.0 Å². The molecule has 2 aromatic heterocycles. The molecule has 1 aromatic carbocycles. The van der Waals surface area contributed by atoms with E-state index < -0.39 is 5.97 Å². The Bertz CT molecular complexity index is 975. The van der Waals surface area contributed by atoms with Crippen LogP contribution in [0.5, 0.6) is 0 Å². The number of amides is 2. The molecule has 0 fully saturated rings. The van der Waals surface area contributed by atoms with Gasteiger partial charge in [0.05, 0.1) is 17.7 Å². The molecule has 0 N–H and O–H groups in total. The summed E-state index contributed by atoms with van der Waals surface area (Å²) >= 11 is 2.95. The van der Waals surface area contributed by atoms with E-state index in [4.69, 9.17) is 4.74 Å². The topological polar surface area (TPSA) is 76.6 Å². The van der Waals surface area contributed by atoms with Gasteiger partial charge in [-0.15, -0.1) is 11.3 Å². The Kier molecular flexibility index (Phi) is 4.83. The van der Waals surface area contributed by atoms with Crippen molar-refractivity contribution in [3.8, 4) is 10.6 Å². The van der Waals surface area contributed by atoms with Crippen molar-refractivity contribution in [3.63, 3.8) is 0 Å². The minimum Gasteiger partial charge on any atom is -0.461 e. The lowest BCUT2D eigenvalue weighted by Gasteiger charge is -2.13. The Morgan fingerprint density at radius 3 is 2.48 bits per heavy atom. The van der Waals surface area contributed by atoms with Crippen molar-refractivity contribution in [3.05, 3.63) is 63.3 Å². The van der Waals surface area contributed by atoms with Gasteiger partial charge in [0.1, 0.15) is 5.01 Å². The van der Waals surface area contributed by atoms with Crippen LogP contribution in [-0.2, 0) is 4.74 Å². The maximum Gasteiger partial charge on any atom is 0.357 e. The average molecular weight is 398 g/mol. The van der Waals surface area contributed by atoms with Crippen molar-refractivity contribution in [2.75, 3.05) is 13.2 Å². The van der Waals surface area contributed by atoms with E-state index in [1.807, 2.05) is 16.8 Å². The maximum absolute atomic E-state index is 12.3. The SMILES string of the molecule is O=C(OCCCN1C(=O)c2ccccc2C1=O)c1csc(-c2ccsc2)n1. The van der Waals surface area contributed by atoms with Crippen molar-refractivity contribution in [1.82, 2.24) is 9.88 Å². The first-order valence-electron chi connectivity index (χ1n) is 8.25. The van der Waals surface area contributed by atoms with Crippen molar-refractivity contribution >= 4 is 40.5 Å². The minimum absolute atomic E-state index is 0.109. The lowest BCUT2D eigenvalue weighted by molar-refractivity contribution is 0.0477. The highest BCUT2D eigenvalue weighted by molar-refractivity contribution is 7.14. The van der Waals surface area contributed by atoms with Gasteiger partial charge < -0.3 is 4.74 Å². The van der Waals surface area contributed by atoms with E-state index in [2.05, 4.69) is 4.98 Å². The molecule has 0 radical (unpaired) electrons. The fourth-order valence-corrected chi connectivity index (χ4v) is 4.29. The Morgan fingerprint density at radius 2 is 1.81 bits per heavy atom. The molecule has 6 nitrogen and oxygen atoms in total. The van der Waals surface area contributed by atoms with E-state index in [9.17, 15) is 14.4 Å². The molecular weight excluding hydrogens is 384 g/mol. The second-order valence-electron chi connectivity index (χ2n) is 5.85. The second-order valence-corrected chi connectivity index (χ2v) is 7.49. The molecule has 3 aromatic rings. The smallest absolute Gasteiger partial charge is 0.357 e. The van der Waals surface area contributed by atoms with Crippen LogP contribution >= 0.6 is 22.7 Å². The van der Waals surface area contributed by atoms with E-state index >= 15 is 0 Å². The molecular formula is C19H14N2O4S2. The molecule has 0 unspecified atom stereocenters. The number of benzene rings is 1. The van der Waals surface area contributed by atoms with Gasteiger partial charge >= 0.3 is 5.97 Å². The number of hydrogen-bond acceptors (Lipinski definition) is 7. The van der Waals surface area contributed by atoms with Crippen LogP contribution < -0.4 is 0 Å². The summed E-state index contributed by atoms with van der Waals surface area (Å²) in [7, 11) is 0. The third kappa shape index (κ3) is 3.41. The van der Waals surface area contributed by atoms with E-state index in [0.29, 0.717) is 17.5 Å². The van der Waals surface area contributed by atoms with E-state index in [0.717, 1.165) is 10.6 Å². The average Bonchev–Trinajstić information content (AvgIpc) is 3.41. The number of nitrogens with zero attached hydrogens (tertiary/aromatic N) is 2. The van der Waals surface area contributed by atoms with Crippen molar-refractivity contribution in [1.29, 1.82) is 0 Å². The summed E-state index contributed by atoms with van der Waals surface area (Å²) in [4.78, 5) is 42.1. The Hall–Kier alpha value is -2.84. The highest BCUT2D eigenvalue weighted by atomic mass is 32.1. The first kappa shape index (κ1) is 17.6. The summed E-state index contributed by atoms with van der Waals surface area (Å²) in [6.45, 7) is 0.314. The van der Waals surface area contributed by atoms with Crippen LogP contribution in [0.25, 0.3) is 10.6 Å². The van der Waals surface area contributed by atoms with E-state index in [-0.39, 0.29) is 30.7 Å². The lowest BCUT2D eigenvalue weighted by Crippen LogP contribution is -2.31. The highest BCUT2D eigenvalue weighted by Crippen LogP contribution is 2.26. The number of esters is 1. The summed E-state index contributed by atoms with van der Waals surface area (Å²) in [5.74, 6) is -1.11. The first-order valence-corrected chi connectivity index (χ1v) is 10.1. The Labute approximate surface area is 163 Å². The molecule has 0 spiro atoms. The third-order valence-corrected chi connectivity index (χ3v) is 5.69. The van der Waals surface area contributed by atoms with Crippen LogP contribution in [0.2, 0.25) is 0 Å². The van der Waals surface area contributed by atoms with Gasteiger partial charge in [-0.3, -0.25) is 14.5 Å². The van der Waals surface area contributed by atoms with Crippen LogP contribution in [0.1, 0.15) is 37.6 Å². The standard InChI is InChI=1S/C19H14N2O4S2/c22-17-13-4-1-2-5-14(13)18(23)21(17)7-3-8-25-19(24)15-11-27-16(20-15)12-6-9-26-10-12/h1-2,4-6,9-11H,3,7-8H2. The quantitative estimate of drug-likeness (QED) is 0.359. The molecule has 0 atom stereocenters. The predicted molar refractivity (Wildman–Crippen MR) is 102 cm³/mol. The molecule has 136 valence electrons. The minimum atomic E-state index is -0.505. The number of carbonyl (C=O) groups is 3. The molecule has 3 heterocycles. The van der Waals surface area contributed by atoms with Gasteiger partial charge in [-0.2, -0.15) is 11.3 Å². The number of aromatic nitrogens is 1. The summed E-state index contributed by atoms with van der Waals surface area (Å²) < 4.78 is 5.22. The number of ether oxygens (including phenoxy) is 1. The zero-order valence-corrected chi connectivity index (χ0v) is 15.7. The molecule has 1 aliphatic rings. The van der Waals surface area contributed by atoms with Gasteiger partial charge in [-0.25, -0.2) is 9.78 Å². The Balaban J connectivity index is 1.29. The second kappa shape index (κ2) is 7.42. The van der Waals surface area contributed by atoms with Crippen LogP contribution in [-0.4, -0.2) is 40.8 Å². The van der Waals surface area contributed by atoms with E-state index in [1.54, 1.807) is 41.0 Å². The van der Waals surface area contributed by atoms with Gasteiger partial charge in [-0.1, -0.05) is 12.1 Å². The van der Waals surface area contributed by atoms with Crippen LogP contribution in [0.3, 0.4) is 0 Å². The molecule has 8 heteroatoms. The number of carbonyl (C=O) groups excluding carboxylic acids is 3. The largest absolute Gasteiger partial charge is 0.461 e. The Morgan fingerprint density at radius 1 is 1.07 bits per heavy atom. The zero-order valence-electron chi connectivity index (χ0n) is 14.1. The van der Waals surface area contributed by atoms with Crippen LogP contribution in [0.15, 0.2) is 46.5 Å². The van der Waals surface area contributed by atoms with Crippen molar-refractivity contribution in [2.24, 2.45) is 0 Å². The van der Waals surface area contributed by atoms with Crippen LogP contribution in [0.4, 0.5) is 0 Å². The zero-order chi connectivity index (χ0) is 18.8. The molecule has 0 saturated carbocycles. The summed E-state index contributed by atoms with van der Waals surface area (Å²) in [6.07, 6.45) is 0.374. The first-order chi connectivity index (χ1) is 13.1. The monoisotopic (exact) mass is 398 g/mol. The normalized spacial score (nSPS) is 13.1. The number of thiazole rings is 1. The van der Waals surface area contributed by atoms with E-state index in [1.165, 1.54) is 16.2 Å². The summed E-state index contributed by atoms with van der Waals surface area (Å²) in [5, 5.41) is 6.36. The maximum atomic E-state index is 12.3. The number of hydrogen-bond donors (Lipinski definition) is 0. The third-order valence-electron chi connectivity index (χ3n) is 4.12. The van der Waals surface area contributed by atoms with Crippen molar-refractivity contribution in [2.45, 2.75) is 6.42 Å². The summed E-state index contributed by atoms with van der Waals surface area (Å²) in [5.41, 5.74) is 2.09. The number of imide groups is 1. The summed E-state index contributed by atoms with van der Waals surface area (Å²) in [6, 6.07) is 8.69. The van der Waals surface area contributed by atoms with Crippen LogP contribution in [0, 0.1) is 0 Å². The molecule has 0 bridgehead atoms. The fourth-order valence-electron chi connectivity index (χ4n) is 2.79. The molecule has 2 amide bonds. The number of fused-ring (bicyclic) bond motifs is 1. The highest BCUT2D eigenvalue weighted by Gasteiger charge is 2.34. The van der Waals surface area contributed by atoms with Crippen molar-refractivity contribution < 1.29 is 19.1 Å². The number of thiophene rings is 1. The lowest BCUT2D eigenvalue weighted by atomic mass is 10.1. The molecule has 4 rings (SSSR count). The molecule has 0 saturated heterocycles. The molecule has 1 aliphatic heterocycles. The van der Waals surface area contributed by atoms with Gasteiger partial charge in [0.15, 0.2) is 5.69 Å². The molecule has 0 aliphatic carbocycles.